The molecular weight excluding hydrogens is 354 g/mol. The predicted octanol–water partition coefficient (Wildman–Crippen LogP) is 4.28. The third-order valence-corrected chi connectivity index (χ3v) is 4.70. The normalized spacial score (nSPS) is 16.1. The minimum Gasteiger partial charge on any atom is -0.493 e. The highest BCUT2D eigenvalue weighted by Crippen LogP contribution is 2.37. The van der Waals surface area contributed by atoms with E-state index in [1.165, 1.54) is 0 Å². The largest absolute Gasteiger partial charge is 0.493 e. The first kappa shape index (κ1) is 16.2. The number of halogens is 1. The summed E-state index contributed by atoms with van der Waals surface area (Å²) in [5.41, 5.74) is 2.81. The maximum atomic E-state index is 12.7. The maximum absolute atomic E-state index is 12.7. The molecule has 0 N–H and O–H groups in total. The number of rotatable bonds is 3. The van der Waals surface area contributed by atoms with Gasteiger partial charge in [0.1, 0.15) is 11.3 Å². The minimum atomic E-state index is -0.0357. The molecule has 2 aromatic rings. The molecule has 1 heterocycles. The van der Waals surface area contributed by atoms with Crippen molar-refractivity contribution in [2.45, 2.75) is 33.6 Å². The molecule has 1 aromatic heterocycles. The van der Waals surface area contributed by atoms with Gasteiger partial charge in [0.2, 0.25) is 11.4 Å². The highest BCUT2D eigenvalue weighted by Gasteiger charge is 2.39. The number of aromatic nitrogens is 1. The summed E-state index contributed by atoms with van der Waals surface area (Å²) in [6, 6.07) is 10.0. The van der Waals surface area contributed by atoms with E-state index in [4.69, 9.17) is 4.74 Å². The van der Waals surface area contributed by atoms with Crippen molar-refractivity contribution in [2.24, 2.45) is 5.41 Å². The Labute approximate surface area is 145 Å². The molecule has 0 spiro atoms. The lowest BCUT2D eigenvalue weighted by Gasteiger charge is -2.28. The maximum Gasteiger partial charge on any atom is 0.210 e. The predicted molar refractivity (Wildman–Crippen MR) is 93.3 cm³/mol. The Kier molecular flexibility index (Phi) is 4.28. The molecule has 0 fully saturated rings. The summed E-state index contributed by atoms with van der Waals surface area (Å²) < 4.78 is 8.87. The summed E-state index contributed by atoms with van der Waals surface area (Å²) in [5, 5.41) is 0. The number of ether oxygens (including phenoxy) is 1. The van der Waals surface area contributed by atoms with Crippen molar-refractivity contribution in [3.8, 4) is 11.4 Å². The summed E-state index contributed by atoms with van der Waals surface area (Å²) >= 11 is 3.47. The summed E-state index contributed by atoms with van der Waals surface area (Å²) in [6.45, 7) is 6.80. The lowest BCUT2D eigenvalue weighted by Crippen LogP contribution is -2.43. The molecule has 1 aliphatic rings. The number of hydrogen-bond acceptors (Lipinski definition) is 2. The molecule has 0 aliphatic heterocycles. The SMILES string of the molecule is CCOc1cc[n+](-c2ccc(Br)cc2)c2c1C(=O)CC(C)(C)C2. The number of ketones is 1. The molecule has 4 heteroatoms. The molecule has 0 atom stereocenters. The number of benzene rings is 1. The zero-order valence-electron chi connectivity index (χ0n) is 13.7. The molecule has 3 rings (SSSR count). The second-order valence-electron chi connectivity index (χ2n) is 6.72. The van der Waals surface area contributed by atoms with E-state index in [1.807, 2.05) is 31.3 Å². The van der Waals surface area contributed by atoms with Gasteiger partial charge in [-0.15, -0.1) is 0 Å². The number of pyridine rings is 1. The number of hydrogen-bond donors (Lipinski definition) is 0. The Morgan fingerprint density at radius 3 is 2.52 bits per heavy atom. The topological polar surface area (TPSA) is 30.2 Å². The van der Waals surface area contributed by atoms with Crippen molar-refractivity contribution in [3.63, 3.8) is 0 Å². The van der Waals surface area contributed by atoms with E-state index in [2.05, 4.69) is 46.5 Å². The van der Waals surface area contributed by atoms with Crippen LogP contribution < -0.4 is 9.30 Å². The number of carbonyl (C=O) groups excluding carboxylic acids is 1. The average molecular weight is 375 g/mol. The van der Waals surface area contributed by atoms with Gasteiger partial charge in [0.15, 0.2) is 12.0 Å². The number of Topliss-reactive ketones (excluding diaryl/α,β-unsaturated/α-hetero) is 1. The second kappa shape index (κ2) is 6.08. The highest BCUT2D eigenvalue weighted by atomic mass is 79.9. The van der Waals surface area contributed by atoms with Gasteiger partial charge in [0.25, 0.3) is 0 Å². The van der Waals surface area contributed by atoms with Crippen LogP contribution in [0.25, 0.3) is 5.69 Å². The van der Waals surface area contributed by atoms with Crippen molar-refractivity contribution in [1.82, 2.24) is 0 Å². The van der Waals surface area contributed by atoms with Crippen LogP contribution in [0.3, 0.4) is 0 Å². The molecule has 0 saturated carbocycles. The van der Waals surface area contributed by atoms with Gasteiger partial charge in [-0.05, 0) is 24.5 Å². The van der Waals surface area contributed by atoms with Crippen LogP contribution in [0, 0.1) is 5.41 Å². The monoisotopic (exact) mass is 374 g/mol. The Balaban J connectivity index is 2.20. The highest BCUT2D eigenvalue weighted by molar-refractivity contribution is 9.10. The lowest BCUT2D eigenvalue weighted by atomic mass is 9.75. The smallest absolute Gasteiger partial charge is 0.210 e. The Hall–Kier alpha value is -1.68. The van der Waals surface area contributed by atoms with E-state index in [9.17, 15) is 4.79 Å². The van der Waals surface area contributed by atoms with Crippen LogP contribution in [-0.4, -0.2) is 12.4 Å². The van der Waals surface area contributed by atoms with E-state index in [1.54, 1.807) is 0 Å². The van der Waals surface area contributed by atoms with Crippen LogP contribution in [-0.2, 0) is 6.42 Å². The fourth-order valence-corrected chi connectivity index (χ4v) is 3.47. The van der Waals surface area contributed by atoms with Gasteiger partial charge < -0.3 is 4.74 Å². The third kappa shape index (κ3) is 3.18. The van der Waals surface area contributed by atoms with Crippen LogP contribution in [0.2, 0.25) is 0 Å². The van der Waals surface area contributed by atoms with Crippen LogP contribution >= 0.6 is 15.9 Å². The molecule has 0 amide bonds. The quantitative estimate of drug-likeness (QED) is 0.750. The van der Waals surface area contributed by atoms with Crippen LogP contribution in [0.4, 0.5) is 0 Å². The summed E-state index contributed by atoms with van der Waals surface area (Å²) in [5.74, 6) is 0.877. The summed E-state index contributed by atoms with van der Waals surface area (Å²) in [6.07, 6.45) is 3.41. The lowest BCUT2D eigenvalue weighted by molar-refractivity contribution is -0.605. The molecule has 3 nitrogen and oxygen atoms in total. The molecule has 0 radical (unpaired) electrons. The van der Waals surface area contributed by atoms with Crippen LogP contribution in [0.1, 0.15) is 43.2 Å². The molecule has 0 bridgehead atoms. The van der Waals surface area contributed by atoms with Gasteiger partial charge in [-0.2, -0.15) is 4.57 Å². The van der Waals surface area contributed by atoms with E-state index in [0.29, 0.717) is 18.8 Å². The number of fused-ring (bicyclic) bond motifs is 1. The Morgan fingerprint density at radius 1 is 1.17 bits per heavy atom. The van der Waals surface area contributed by atoms with Gasteiger partial charge in [0.05, 0.1) is 6.61 Å². The molecule has 23 heavy (non-hydrogen) atoms. The second-order valence-corrected chi connectivity index (χ2v) is 7.64. The van der Waals surface area contributed by atoms with E-state index >= 15 is 0 Å². The van der Waals surface area contributed by atoms with Gasteiger partial charge in [0, 0.05) is 35.5 Å². The molecule has 0 unspecified atom stereocenters. The molecule has 1 aromatic carbocycles. The van der Waals surface area contributed by atoms with Crippen molar-refractivity contribution in [3.05, 3.63) is 52.3 Å². The van der Waals surface area contributed by atoms with Gasteiger partial charge in [-0.25, -0.2) is 0 Å². The molecule has 0 saturated heterocycles. The Bertz CT molecular complexity index is 751. The van der Waals surface area contributed by atoms with Crippen molar-refractivity contribution in [2.75, 3.05) is 6.61 Å². The fourth-order valence-electron chi connectivity index (χ4n) is 3.21. The third-order valence-electron chi connectivity index (χ3n) is 4.17. The minimum absolute atomic E-state index is 0.0357. The van der Waals surface area contributed by atoms with E-state index in [-0.39, 0.29) is 11.2 Å². The first-order valence-electron chi connectivity index (χ1n) is 7.91. The van der Waals surface area contributed by atoms with E-state index < -0.39 is 0 Å². The first-order valence-corrected chi connectivity index (χ1v) is 8.70. The zero-order chi connectivity index (χ0) is 16.6. The van der Waals surface area contributed by atoms with Gasteiger partial charge in [-0.1, -0.05) is 29.8 Å². The molecule has 1 aliphatic carbocycles. The van der Waals surface area contributed by atoms with Crippen molar-refractivity contribution < 1.29 is 14.1 Å². The summed E-state index contributed by atoms with van der Waals surface area (Å²) in [7, 11) is 0. The Morgan fingerprint density at radius 2 is 1.87 bits per heavy atom. The number of carbonyl (C=O) groups is 1. The van der Waals surface area contributed by atoms with Gasteiger partial charge >= 0.3 is 0 Å². The van der Waals surface area contributed by atoms with Crippen LogP contribution in [0.5, 0.6) is 5.75 Å². The van der Waals surface area contributed by atoms with Crippen molar-refractivity contribution in [1.29, 1.82) is 0 Å². The summed E-state index contributed by atoms with van der Waals surface area (Å²) in [4.78, 5) is 12.7. The standard InChI is InChI=1S/C19H21BrNO2/c1-4-23-17-9-10-21(14-7-5-13(20)6-8-14)15-11-19(2,3)12-16(22)18(15)17/h5-10H,4,11-12H2,1-3H3/q+1. The average Bonchev–Trinajstić information content (AvgIpc) is 2.47. The fraction of sp³-hybridized carbons (Fsp3) is 0.368. The molecule has 120 valence electrons. The van der Waals surface area contributed by atoms with Crippen LogP contribution in [0.15, 0.2) is 41.0 Å². The zero-order valence-corrected chi connectivity index (χ0v) is 15.3. The van der Waals surface area contributed by atoms with Gasteiger partial charge in [-0.3, -0.25) is 4.79 Å². The van der Waals surface area contributed by atoms with E-state index in [0.717, 1.165) is 27.8 Å². The first-order chi connectivity index (χ1) is 10.9. The molecular formula is C19H21BrNO2+. The van der Waals surface area contributed by atoms with Crippen molar-refractivity contribution >= 4 is 21.7 Å². The number of nitrogens with zero attached hydrogens (tertiary/aromatic N) is 1.